The van der Waals surface area contributed by atoms with Gasteiger partial charge in [0.05, 0.1) is 11.5 Å². The smallest absolute Gasteiger partial charge is 0.306 e. The summed E-state index contributed by atoms with van der Waals surface area (Å²) in [6, 6.07) is 0. The number of hydrogen-bond donors (Lipinski definition) is 1. The summed E-state index contributed by atoms with van der Waals surface area (Å²) in [5.74, 6) is 0.0352. The zero-order valence-electron chi connectivity index (χ0n) is 13.5. The molecule has 0 bridgehead atoms. The number of carbonyl (C=O) groups excluding carboxylic acids is 1. The minimum atomic E-state index is -0.538. The number of rotatable bonds is 1. The van der Waals surface area contributed by atoms with Gasteiger partial charge in [-0.05, 0) is 32.1 Å². The first-order chi connectivity index (χ1) is 10.6. The number of hydrogen-bond acceptors (Lipinski definition) is 3. The number of allylic oxidation sites excluding steroid dienone is 1. The van der Waals surface area contributed by atoms with Crippen molar-refractivity contribution in [2.24, 2.45) is 11.8 Å². The lowest BCUT2D eigenvalue weighted by molar-refractivity contribution is -0.153. The Morgan fingerprint density at radius 2 is 2.00 bits per heavy atom. The number of alkyl halides is 1. The summed E-state index contributed by atoms with van der Waals surface area (Å²) in [4.78, 5) is 12.0. The number of carbonyl (C=O) groups is 1. The van der Waals surface area contributed by atoms with E-state index in [-0.39, 0.29) is 29.3 Å². The van der Waals surface area contributed by atoms with Crippen LogP contribution in [0.5, 0.6) is 0 Å². The molecule has 1 N–H and O–H groups in total. The summed E-state index contributed by atoms with van der Waals surface area (Å²) in [6.45, 7) is 2.04. The fourth-order valence-corrected chi connectivity index (χ4v) is 4.10. The average molecular weight is 329 g/mol. The van der Waals surface area contributed by atoms with Crippen LogP contribution >= 0.6 is 11.6 Å². The molecule has 0 aromatic rings. The van der Waals surface area contributed by atoms with Gasteiger partial charge in [0.1, 0.15) is 6.10 Å². The number of fused-ring (bicyclic) bond motifs is 1. The van der Waals surface area contributed by atoms with Gasteiger partial charge in [-0.25, -0.2) is 0 Å². The van der Waals surface area contributed by atoms with Gasteiger partial charge >= 0.3 is 5.97 Å². The lowest BCUT2D eigenvalue weighted by Crippen LogP contribution is -2.31. The Morgan fingerprint density at radius 1 is 1.27 bits per heavy atom. The number of halogens is 1. The Hall–Kier alpha value is -0.540. The predicted octanol–water partition coefficient (Wildman–Crippen LogP) is 4.21. The van der Waals surface area contributed by atoms with E-state index in [1.807, 2.05) is 6.92 Å². The van der Waals surface area contributed by atoms with Crippen LogP contribution in [0.4, 0.5) is 0 Å². The van der Waals surface area contributed by atoms with Crippen LogP contribution in [0, 0.1) is 11.8 Å². The van der Waals surface area contributed by atoms with Gasteiger partial charge in [0, 0.05) is 18.3 Å². The van der Waals surface area contributed by atoms with Crippen molar-refractivity contribution < 1.29 is 14.6 Å². The first-order valence-electron chi connectivity index (χ1n) is 8.81. The molecular weight excluding hydrogens is 300 g/mol. The van der Waals surface area contributed by atoms with Crippen LogP contribution in [0.15, 0.2) is 12.2 Å². The van der Waals surface area contributed by atoms with Crippen molar-refractivity contribution >= 4 is 17.6 Å². The Kier molecular flexibility index (Phi) is 7.23. The molecule has 1 aliphatic carbocycles. The van der Waals surface area contributed by atoms with E-state index >= 15 is 0 Å². The highest BCUT2D eigenvalue weighted by Crippen LogP contribution is 2.40. The maximum absolute atomic E-state index is 12.0. The van der Waals surface area contributed by atoms with E-state index in [2.05, 4.69) is 12.2 Å². The third-order valence-electron chi connectivity index (χ3n) is 5.03. The maximum Gasteiger partial charge on any atom is 0.306 e. The van der Waals surface area contributed by atoms with Gasteiger partial charge in [-0.2, -0.15) is 0 Å². The lowest BCUT2D eigenvalue weighted by Gasteiger charge is -2.27. The van der Waals surface area contributed by atoms with E-state index in [0.29, 0.717) is 12.8 Å². The number of ether oxygens (including phenoxy) is 1. The molecule has 0 aromatic carbocycles. The number of aliphatic hydroxyl groups is 1. The van der Waals surface area contributed by atoms with E-state index < -0.39 is 6.10 Å². The van der Waals surface area contributed by atoms with Crippen molar-refractivity contribution in [3.63, 3.8) is 0 Å². The highest BCUT2D eigenvalue weighted by molar-refractivity contribution is 6.21. The standard InChI is InChI=1S/C18H29ClO3/c1-2-16-14-12-15(19)18(21)13(14)10-8-6-4-3-5-7-9-11-17(20)22-16/h8,10,13-16,18,21H,2-7,9,11-12H2,1H3/b10-8-/t13-,14+,15+,16+,18+/m0/s1. The van der Waals surface area contributed by atoms with Gasteiger partial charge in [-0.3, -0.25) is 4.79 Å². The van der Waals surface area contributed by atoms with Gasteiger partial charge < -0.3 is 9.84 Å². The minimum absolute atomic E-state index is 0.00295. The molecule has 5 atom stereocenters. The molecule has 0 radical (unpaired) electrons. The molecule has 2 rings (SSSR count). The largest absolute Gasteiger partial charge is 0.462 e. The van der Waals surface area contributed by atoms with Crippen LogP contribution in [0.25, 0.3) is 0 Å². The molecule has 22 heavy (non-hydrogen) atoms. The molecular formula is C18H29ClO3. The monoisotopic (exact) mass is 328 g/mol. The molecule has 1 fully saturated rings. The number of aliphatic hydroxyl groups excluding tert-OH is 1. The molecule has 0 spiro atoms. The number of esters is 1. The van der Waals surface area contributed by atoms with Crippen LogP contribution in [0.3, 0.4) is 0 Å². The van der Waals surface area contributed by atoms with Crippen molar-refractivity contribution in [1.29, 1.82) is 0 Å². The Morgan fingerprint density at radius 3 is 2.77 bits per heavy atom. The zero-order valence-corrected chi connectivity index (χ0v) is 14.3. The van der Waals surface area contributed by atoms with Crippen LogP contribution in [0.2, 0.25) is 0 Å². The molecule has 1 aliphatic heterocycles. The molecule has 3 nitrogen and oxygen atoms in total. The minimum Gasteiger partial charge on any atom is -0.462 e. The van der Waals surface area contributed by atoms with E-state index in [4.69, 9.17) is 16.3 Å². The molecule has 0 saturated heterocycles. The molecule has 0 aromatic heterocycles. The van der Waals surface area contributed by atoms with Crippen LogP contribution < -0.4 is 0 Å². The summed E-state index contributed by atoms with van der Waals surface area (Å²) in [5, 5.41) is 10.1. The van der Waals surface area contributed by atoms with Crippen molar-refractivity contribution in [3.05, 3.63) is 12.2 Å². The van der Waals surface area contributed by atoms with E-state index in [9.17, 15) is 9.90 Å². The van der Waals surface area contributed by atoms with Crippen molar-refractivity contribution in [2.45, 2.75) is 82.3 Å². The Balaban J connectivity index is 2.12. The summed E-state index contributed by atoms with van der Waals surface area (Å²) in [7, 11) is 0. The summed E-state index contributed by atoms with van der Waals surface area (Å²) in [5.41, 5.74) is 0. The quantitative estimate of drug-likeness (QED) is 0.445. The summed E-state index contributed by atoms with van der Waals surface area (Å²) >= 11 is 6.28. The van der Waals surface area contributed by atoms with Crippen molar-refractivity contribution in [3.8, 4) is 0 Å². The van der Waals surface area contributed by atoms with Crippen molar-refractivity contribution in [2.75, 3.05) is 0 Å². The van der Waals surface area contributed by atoms with E-state index in [1.54, 1.807) is 0 Å². The first-order valence-corrected chi connectivity index (χ1v) is 9.25. The average Bonchev–Trinajstić information content (AvgIpc) is 2.78. The van der Waals surface area contributed by atoms with E-state index in [0.717, 1.165) is 25.7 Å². The SMILES string of the molecule is CC[C@H]1OC(=O)CCCCCCC/C=C\[C@@H]2[C@@H](O)[C@H](Cl)C[C@H]21. The molecule has 0 amide bonds. The highest BCUT2D eigenvalue weighted by Gasteiger charge is 2.44. The number of cyclic esters (lactones) is 1. The van der Waals surface area contributed by atoms with Gasteiger partial charge in [-0.1, -0.05) is 38.3 Å². The Labute approximate surface area is 139 Å². The predicted molar refractivity (Wildman–Crippen MR) is 88.9 cm³/mol. The topological polar surface area (TPSA) is 46.5 Å². The van der Waals surface area contributed by atoms with Crippen molar-refractivity contribution in [1.82, 2.24) is 0 Å². The van der Waals surface area contributed by atoms with Gasteiger partial charge in [-0.15, -0.1) is 11.6 Å². The zero-order chi connectivity index (χ0) is 15.9. The fourth-order valence-electron chi connectivity index (χ4n) is 3.72. The maximum atomic E-state index is 12.0. The lowest BCUT2D eigenvalue weighted by atomic mass is 9.87. The molecule has 4 heteroatoms. The summed E-state index contributed by atoms with van der Waals surface area (Å²) < 4.78 is 5.71. The second-order valence-corrected chi connectivity index (χ2v) is 7.22. The third kappa shape index (κ3) is 4.73. The second-order valence-electron chi connectivity index (χ2n) is 6.65. The van der Waals surface area contributed by atoms with E-state index in [1.165, 1.54) is 19.3 Å². The third-order valence-corrected chi connectivity index (χ3v) is 5.47. The fraction of sp³-hybridized carbons (Fsp3) is 0.833. The molecule has 1 saturated carbocycles. The molecule has 1 heterocycles. The van der Waals surface area contributed by atoms with Crippen LogP contribution in [-0.2, 0) is 9.53 Å². The van der Waals surface area contributed by atoms with Crippen LogP contribution in [-0.4, -0.2) is 28.7 Å². The molecule has 126 valence electrons. The Bertz CT molecular complexity index is 383. The normalized spacial score (nSPS) is 39.6. The van der Waals surface area contributed by atoms with Gasteiger partial charge in [0.2, 0.25) is 0 Å². The molecule has 2 aliphatic rings. The highest BCUT2D eigenvalue weighted by atomic mass is 35.5. The molecule has 0 unspecified atom stereocenters. The van der Waals surface area contributed by atoms with Gasteiger partial charge in [0.15, 0.2) is 0 Å². The first kappa shape index (κ1) is 17.8. The van der Waals surface area contributed by atoms with Crippen LogP contribution in [0.1, 0.15) is 64.7 Å². The van der Waals surface area contributed by atoms with Gasteiger partial charge in [0.25, 0.3) is 0 Å². The second kappa shape index (κ2) is 8.93. The summed E-state index contributed by atoms with van der Waals surface area (Å²) in [6.07, 6.45) is 12.2.